The zero-order valence-corrected chi connectivity index (χ0v) is 14.4. The topological polar surface area (TPSA) is 83.1 Å². The number of hydrogen-bond donors (Lipinski definition) is 1. The van der Waals surface area contributed by atoms with Crippen molar-refractivity contribution in [1.29, 1.82) is 0 Å². The number of allylic oxidation sites excluding steroid dienone is 2. The van der Waals surface area contributed by atoms with Crippen LogP contribution in [0.4, 0.5) is 0 Å². The Labute approximate surface area is 141 Å². The summed E-state index contributed by atoms with van der Waals surface area (Å²) in [6, 6.07) is 0. The van der Waals surface area contributed by atoms with Crippen molar-refractivity contribution in [2.45, 2.75) is 40.2 Å². The van der Waals surface area contributed by atoms with E-state index in [1.54, 1.807) is 33.8 Å². The lowest BCUT2D eigenvalue weighted by Gasteiger charge is -2.34. The molecule has 2 aliphatic rings. The van der Waals surface area contributed by atoms with Gasteiger partial charge in [-0.25, -0.2) is 9.59 Å². The zero-order valence-electron chi connectivity index (χ0n) is 14.4. The van der Waals surface area contributed by atoms with Crippen LogP contribution in [0.2, 0.25) is 0 Å². The minimum absolute atomic E-state index is 0.238. The second kappa shape index (κ2) is 8.01. The van der Waals surface area contributed by atoms with Crippen LogP contribution in [0.25, 0.3) is 0 Å². The average Bonchev–Trinajstić information content (AvgIpc) is 2.55. The molecule has 132 valence electrons. The lowest BCUT2D eigenvalue weighted by molar-refractivity contribution is -0.296. The highest BCUT2D eigenvalue weighted by molar-refractivity contribution is 5.98. The monoisotopic (exact) mass is 337 g/mol. The minimum atomic E-state index is -0.630. The Balaban J connectivity index is 2.48. The van der Waals surface area contributed by atoms with Crippen molar-refractivity contribution >= 4 is 11.9 Å². The molecule has 0 amide bonds. The second-order valence-corrected chi connectivity index (χ2v) is 5.46. The molecule has 0 saturated heterocycles. The van der Waals surface area contributed by atoms with Gasteiger partial charge in [-0.3, -0.25) is 0 Å². The Morgan fingerprint density at radius 3 is 2.08 bits per heavy atom. The van der Waals surface area contributed by atoms with Crippen molar-refractivity contribution in [3.8, 4) is 0 Å². The Morgan fingerprint density at radius 1 is 1.12 bits per heavy atom. The molecule has 0 fully saturated rings. The summed E-state index contributed by atoms with van der Waals surface area (Å²) in [4.78, 5) is 35.2. The summed E-state index contributed by atoms with van der Waals surface area (Å²) in [5.41, 5.74) is 1.97. The molecule has 0 aromatic heterocycles. The van der Waals surface area contributed by atoms with E-state index in [9.17, 15) is 9.59 Å². The third kappa shape index (κ3) is 3.62. The van der Waals surface area contributed by atoms with E-state index in [2.05, 4.69) is 5.32 Å². The fourth-order valence-electron chi connectivity index (χ4n) is 2.94. The van der Waals surface area contributed by atoms with E-state index >= 15 is 0 Å². The van der Waals surface area contributed by atoms with Gasteiger partial charge in [-0.05, 0) is 33.8 Å². The van der Waals surface area contributed by atoms with Crippen LogP contribution in [0, 0.1) is 5.92 Å². The number of carbonyl (C=O) groups excluding carboxylic acids is 2. The molecule has 1 unspecified atom stereocenters. The highest BCUT2D eigenvalue weighted by Crippen LogP contribution is 2.37. The van der Waals surface area contributed by atoms with Crippen molar-refractivity contribution in [1.82, 2.24) is 5.32 Å². The molecule has 0 spiro atoms. The van der Waals surface area contributed by atoms with E-state index in [1.807, 2.05) is 0 Å². The Kier molecular flexibility index (Phi) is 6.03. The number of hydrogen-bond acceptors (Lipinski definition) is 7. The molecule has 1 atom stereocenters. The number of ether oxygens (including phenoxy) is 2. The number of rotatable bonds is 5. The molecule has 24 heavy (non-hydrogen) atoms. The van der Waals surface area contributed by atoms with E-state index in [0.29, 0.717) is 29.0 Å². The number of dihydropyridines is 1. The van der Waals surface area contributed by atoms with Gasteiger partial charge in [0.2, 0.25) is 0 Å². The number of nitrogens with one attached hydrogen (secondary N) is 1. The number of carbonyl (C=O) groups is 2. The maximum Gasteiger partial charge on any atom is 0.336 e. The Hall–Kier alpha value is -2.28. The summed E-state index contributed by atoms with van der Waals surface area (Å²) in [7, 11) is 0. The van der Waals surface area contributed by atoms with Gasteiger partial charge in [-0.1, -0.05) is 0 Å². The van der Waals surface area contributed by atoms with Crippen LogP contribution in [-0.4, -0.2) is 31.3 Å². The summed E-state index contributed by atoms with van der Waals surface area (Å²) >= 11 is 0. The fraction of sp³-hybridized carbons (Fsp3) is 0.529. The predicted octanol–water partition coefficient (Wildman–Crippen LogP) is 2.11. The van der Waals surface area contributed by atoms with Crippen molar-refractivity contribution < 1.29 is 28.8 Å². The van der Waals surface area contributed by atoms with Gasteiger partial charge in [-0.15, -0.1) is 0 Å². The fourth-order valence-corrected chi connectivity index (χ4v) is 2.94. The summed E-state index contributed by atoms with van der Waals surface area (Å²) < 4.78 is 10.3. The lowest BCUT2D eigenvalue weighted by atomic mass is 9.80. The average molecular weight is 337 g/mol. The normalized spacial score (nSPS) is 21.2. The summed E-state index contributed by atoms with van der Waals surface area (Å²) in [5.74, 6) is -1.60. The lowest BCUT2D eigenvalue weighted by Crippen LogP contribution is -2.40. The Bertz CT molecular complexity index is 564. The highest BCUT2D eigenvalue weighted by Gasteiger charge is 2.42. The molecule has 0 aromatic rings. The molecule has 7 nitrogen and oxygen atoms in total. The van der Waals surface area contributed by atoms with Gasteiger partial charge >= 0.3 is 11.9 Å². The quantitative estimate of drug-likeness (QED) is 0.607. The van der Waals surface area contributed by atoms with Crippen LogP contribution < -0.4 is 5.32 Å². The third-order valence-corrected chi connectivity index (χ3v) is 3.87. The SMILES string of the molecule is CCOC(=O)C1=C(C)NC(C)=C(C(=O)OCC)C1C1CC=COO1. The molecule has 0 bridgehead atoms. The Morgan fingerprint density at radius 2 is 1.67 bits per heavy atom. The first-order chi connectivity index (χ1) is 11.5. The van der Waals surface area contributed by atoms with Gasteiger partial charge < -0.3 is 19.7 Å². The zero-order chi connectivity index (χ0) is 17.7. The maximum absolute atomic E-state index is 12.5. The van der Waals surface area contributed by atoms with E-state index in [1.165, 1.54) is 6.26 Å². The van der Waals surface area contributed by atoms with Crippen molar-refractivity contribution in [2.75, 3.05) is 13.2 Å². The molecular formula is C17H23NO6. The molecule has 0 aliphatic carbocycles. The third-order valence-electron chi connectivity index (χ3n) is 3.87. The van der Waals surface area contributed by atoms with Crippen molar-refractivity contribution in [3.63, 3.8) is 0 Å². The molecule has 0 saturated carbocycles. The van der Waals surface area contributed by atoms with Crippen molar-refractivity contribution in [3.05, 3.63) is 34.9 Å². The van der Waals surface area contributed by atoms with Gasteiger partial charge in [0, 0.05) is 17.8 Å². The second-order valence-electron chi connectivity index (χ2n) is 5.46. The van der Waals surface area contributed by atoms with E-state index in [4.69, 9.17) is 19.2 Å². The van der Waals surface area contributed by atoms with Gasteiger partial charge in [0.25, 0.3) is 0 Å². The van der Waals surface area contributed by atoms with Crippen LogP contribution in [0.5, 0.6) is 0 Å². The molecular weight excluding hydrogens is 314 g/mol. The number of esters is 2. The van der Waals surface area contributed by atoms with Crippen LogP contribution in [0.3, 0.4) is 0 Å². The van der Waals surface area contributed by atoms with Crippen molar-refractivity contribution in [2.24, 2.45) is 5.92 Å². The standard InChI is InChI=1S/C17H23NO6/c1-5-21-16(19)13-10(3)18-11(4)14(17(20)22-6-2)15(13)12-8-7-9-23-24-12/h7,9,12,15,18H,5-6,8H2,1-4H3. The van der Waals surface area contributed by atoms with Crippen LogP contribution in [0.1, 0.15) is 34.1 Å². The predicted molar refractivity (Wildman–Crippen MR) is 85.0 cm³/mol. The molecule has 7 heteroatoms. The van der Waals surface area contributed by atoms with E-state index in [-0.39, 0.29) is 13.2 Å². The largest absolute Gasteiger partial charge is 0.463 e. The van der Waals surface area contributed by atoms with Gasteiger partial charge in [0.15, 0.2) is 0 Å². The molecule has 2 rings (SSSR count). The molecule has 0 radical (unpaired) electrons. The summed E-state index contributed by atoms with van der Waals surface area (Å²) in [6.07, 6.45) is 3.18. The molecule has 2 heterocycles. The first-order valence-electron chi connectivity index (χ1n) is 8.01. The molecule has 2 aliphatic heterocycles. The highest BCUT2D eigenvalue weighted by atomic mass is 17.2. The van der Waals surface area contributed by atoms with Gasteiger partial charge in [0.1, 0.15) is 12.4 Å². The maximum atomic E-state index is 12.5. The van der Waals surface area contributed by atoms with Crippen LogP contribution >= 0.6 is 0 Å². The molecule has 0 aromatic carbocycles. The first kappa shape index (κ1) is 18.1. The smallest absolute Gasteiger partial charge is 0.336 e. The van der Waals surface area contributed by atoms with E-state index in [0.717, 1.165) is 0 Å². The molecule has 1 N–H and O–H groups in total. The summed E-state index contributed by atoms with van der Waals surface area (Å²) in [5, 5.41) is 3.07. The van der Waals surface area contributed by atoms with E-state index < -0.39 is 24.0 Å². The summed E-state index contributed by atoms with van der Waals surface area (Å²) in [6.45, 7) is 7.47. The minimum Gasteiger partial charge on any atom is -0.463 e. The van der Waals surface area contributed by atoms with Crippen LogP contribution in [-0.2, 0) is 28.8 Å². The van der Waals surface area contributed by atoms with Gasteiger partial charge in [0.05, 0.1) is 30.3 Å². The van der Waals surface area contributed by atoms with Crippen LogP contribution in [0.15, 0.2) is 34.9 Å². The first-order valence-corrected chi connectivity index (χ1v) is 8.01. The van der Waals surface area contributed by atoms with Gasteiger partial charge in [-0.2, -0.15) is 4.89 Å².